The van der Waals surface area contributed by atoms with Crippen molar-refractivity contribution in [3.05, 3.63) is 59.1 Å². The quantitative estimate of drug-likeness (QED) is 0.744. The van der Waals surface area contributed by atoms with Gasteiger partial charge in [0.1, 0.15) is 11.5 Å². The zero-order valence-corrected chi connectivity index (χ0v) is 15.5. The predicted octanol–water partition coefficient (Wildman–Crippen LogP) is 4.65. The summed E-state index contributed by atoms with van der Waals surface area (Å²) in [7, 11) is 0. The molecule has 0 atom stereocenters. The van der Waals surface area contributed by atoms with Gasteiger partial charge in [-0.15, -0.1) is 0 Å². The number of rotatable bonds is 6. The Morgan fingerprint density at radius 2 is 1.88 bits per heavy atom. The second-order valence-electron chi connectivity index (χ2n) is 6.90. The van der Waals surface area contributed by atoms with Gasteiger partial charge in [0.15, 0.2) is 0 Å². The van der Waals surface area contributed by atoms with Gasteiger partial charge in [0, 0.05) is 12.2 Å². The number of aryl methyl sites for hydroxylation is 2. The van der Waals surface area contributed by atoms with Gasteiger partial charge in [0.05, 0.1) is 12.4 Å². The van der Waals surface area contributed by atoms with E-state index in [1.165, 1.54) is 37.5 Å². The number of amides is 1. The average Bonchev–Trinajstić information content (AvgIpc) is 2.62. The molecular formula is C21H26N4O. The second-order valence-corrected chi connectivity index (χ2v) is 6.90. The molecule has 5 heteroatoms. The van der Waals surface area contributed by atoms with Gasteiger partial charge >= 0.3 is 0 Å². The molecule has 3 rings (SSSR count). The lowest BCUT2D eigenvalue weighted by Gasteiger charge is -2.13. The zero-order chi connectivity index (χ0) is 18.4. The molecule has 1 heterocycles. The van der Waals surface area contributed by atoms with Gasteiger partial charge in [0.25, 0.3) is 5.91 Å². The van der Waals surface area contributed by atoms with Crippen LogP contribution < -0.4 is 10.6 Å². The third-order valence-corrected chi connectivity index (χ3v) is 4.50. The maximum Gasteiger partial charge on any atom is 0.275 e. The molecule has 1 aliphatic rings. The van der Waals surface area contributed by atoms with Crippen LogP contribution in [0.2, 0.25) is 0 Å². The van der Waals surface area contributed by atoms with Gasteiger partial charge in [-0.3, -0.25) is 4.79 Å². The molecule has 1 amide bonds. The number of anilines is 2. The zero-order valence-electron chi connectivity index (χ0n) is 15.5. The van der Waals surface area contributed by atoms with Gasteiger partial charge in [-0.25, -0.2) is 9.97 Å². The first-order valence-electron chi connectivity index (χ1n) is 9.23. The van der Waals surface area contributed by atoms with Crippen LogP contribution in [0.3, 0.4) is 0 Å². The van der Waals surface area contributed by atoms with Crippen molar-refractivity contribution < 1.29 is 4.79 Å². The fraction of sp³-hybridized carbons (Fsp3) is 0.381. The predicted molar refractivity (Wildman–Crippen MR) is 106 cm³/mol. The summed E-state index contributed by atoms with van der Waals surface area (Å²) < 4.78 is 0. The van der Waals surface area contributed by atoms with Crippen molar-refractivity contribution in [2.45, 2.75) is 46.0 Å². The Morgan fingerprint density at radius 3 is 2.54 bits per heavy atom. The molecular weight excluding hydrogens is 324 g/mol. The van der Waals surface area contributed by atoms with Crippen molar-refractivity contribution in [1.29, 1.82) is 0 Å². The standard InChI is InChI=1S/C21H26N4O/c1-15-10-16(2)12-18(11-15)25-21(26)19-13-24-20(14-23-19)22-9-8-17-6-4-3-5-7-17/h6,10-14H,3-5,7-9H2,1-2H3,(H,22,24)(H,25,26). The molecule has 2 N–H and O–H groups in total. The highest BCUT2D eigenvalue weighted by atomic mass is 16.1. The maximum atomic E-state index is 12.3. The minimum absolute atomic E-state index is 0.249. The van der Waals surface area contributed by atoms with E-state index in [0.717, 1.165) is 29.8 Å². The Kier molecular flexibility index (Phi) is 6.00. The van der Waals surface area contributed by atoms with Crippen molar-refractivity contribution >= 4 is 17.4 Å². The van der Waals surface area contributed by atoms with Crippen LogP contribution in [0.1, 0.15) is 53.7 Å². The van der Waals surface area contributed by atoms with Crippen molar-refractivity contribution in [3.8, 4) is 0 Å². The van der Waals surface area contributed by atoms with E-state index >= 15 is 0 Å². The molecule has 136 valence electrons. The molecule has 5 nitrogen and oxygen atoms in total. The van der Waals surface area contributed by atoms with E-state index in [2.05, 4.69) is 32.7 Å². The van der Waals surface area contributed by atoms with Crippen molar-refractivity contribution in [2.75, 3.05) is 17.2 Å². The molecule has 1 aromatic carbocycles. The molecule has 0 aliphatic heterocycles. The van der Waals surface area contributed by atoms with Crippen LogP contribution in [0.15, 0.2) is 42.2 Å². The fourth-order valence-electron chi connectivity index (χ4n) is 3.26. The molecule has 0 fully saturated rings. The smallest absolute Gasteiger partial charge is 0.275 e. The number of nitrogens with zero attached hydrogens (tertiary/aromatic N) is 2. The van der Waals surface area contributed by atoms with E-state index in [9.17, 15) is 4.79 Å². The third-order valence-electron chi connectivity index (χ3n) is 4.50. The van der Waals surface area contributed by atoms with E-state index in [1.807, 2.05) is 26.0 Å². The molecule has 0 unspecified atom stereocenters. The van der Waals surface area contributed by atoms with Crippen LogP contribution in [-0.4, -0.2) is 22.4 Å². The number of aromatic nitrogens is 2. The minimum atomic E-state index is -0.249. The molecule has 0 spiro atoms. The molecule has 0 bridgehead atoms. The van der Waals surface area contributed by atoms with E-state index in [-0.39, 0.29) is 5.91 Å². The summed E-state index contributed by atoms with van der Waals surface area (Å²) in [5.41, 5.74) is 4.83. The van der Waals surface area contributed by atoms with Crippen LogP contribution in [-0.2, 0) is 0 Å². The Hall–Kier alpha value is -2.69. The first-order chi connectivity index (χ1) is 12.6. The normalized spacial score (nSPS) is 13.8. The molecule has 26 heavy (non-hydrogen) atoms. The van der Waals surface area contributed by atoms with Gasteiger partial charge in [-0.1, -0.05) is 17.7 Å². The summed E-state index contributed by atoms with van der Waals surface area (Å²) in [6.45, 7) is 4.85. The van der Waals surface area contributed by atoms with E-state index in [0.29, 0.717) is 11.5 Å². The number of nitrogens with one attached hydrogen (secondary N) is 2. The summed E-state index contributed by atoms with van der Waals surface area (Å²) >= 11 is 0. The Labute approximate surface area is 155 Å². The minimum Gasteiger partial charge on any atom is -0.368 e. The van der Waals surface area contributed by atoms with Crippen LogP contribution in [0.5, 0.6) is 0 Å². The highest BCUT2D eigenvalue weighted by Gasteiger charge is 2.09. The van der Waals surface area contributed by atoms with Gasteiger partial charge in [-0.2, -0.15) is 0 Å². The summed E-state index contributed by atoms with van der Waals surface area (Å²) in [4.78, 5) is 20.9. The Balaban J connectivity index is 1.53. The summed E-state index contributed by atoms with van der Waals surface area (Å²) in [5.74, 6) is 0.450. The topological polar surface area (TPSA) is 66.9 Å². The molecule has 0 saturated heterocycles. The Morgan fingerprint density at radius 1 is 1.08 bits per heavy atom. The van der Waals surface area contributed by atoms with E-state index < -0.39 is 0 Å². The lowest BCUT2D eigenvalue weighted by molar-refractivity contribution is 0.102. The summed E-state index contributed by atoms with van der Waals surface area (Å²) in [6.07, 6.45) is 11.6. The molecule has 1 aromatic heterocycles. The monoisotopic (exact) mass is 350 g/mol. The number of carbonyl (C=O) groups excluding carboxylic acids is 1. The molecule has 0 radical (unpaired) electrons. The first kappa shape index (κ1) is 18.1. The maximum absolute atomic E-state index is 12.3. The first-order valence-corrected chi connectivity index (χ1v) is 9.23. The number of allylic oxidation sites excluding steroid dienone is 1. The highest BCUT2D eigenvalue weighted by molar-refractivity contribution is 6.02. The second kappa shape index (κ2) is 8.61. The van der Waals surface area contributed by atoms with Gasteiger partial charge < -0.3 is 10.6 Å². The van der Waals surface area contributed by atoms with Crippen molar-refractivity contribution in [2.24, 2.45) is 0 Å². The van der Waals surface area contributed by atoms with Crippen LogP contribution in [0, 0.1) is 13.8 Å². The number of carbonyl (C=O) groups is 1. The number of benzene rings is 1. The molecule has 2 aromatic rings. The van der Waals surface area contributed by atoms with Crippen LogP contribution >= 0.6 is 0 Å². The SMILES string of the molecule is Cc1cc(C)cc(NC(=O)c2cnc(NCCC3=CCCCC3)cn2)c1. The summed E-state index contributed by atoms with van der Waals surface area (Å²) in [6, 6.07) is 5.95. The number of hydrogen-bond donors (Lipinski definition) is 2. The molecule has 0 saturated carbocycles. The number of hydrogen-bond acceptors (Lipinski definition) is 4. The molecule has 1 aliphatic carbocycles. The van der Waals surface area contributed by atoms with E-state index in [4.69, 9.17) is 0 Å². The van der Waals surface area contributed by atoms with E-state index in [1.54, 1.807) is 6.20 Å². The highest BCUT2D eigenvalue weighted by Crippen LogP contribution is 2.20. The van der Waals surface area contributed by atoms with Crippen LogP contribution in [0.4, 0.5) is 11.5 Å². The third kappa shape index (κ3) is 5.15. The van der Waals surface area contributed by atoms with Crippen molar-refractivity contribution in [3.63, 3.8) is 0 Å². The van der Waals surface area contributed by atoms with Crippen molar-refractivity contribution in [1.82, 2.24) is 9.97 Å². The fourth-order valence-corrected chi connectivity index (χ4v) is 3.26. The lowest BCUT2D eigenvalue weighted by atomic mass is 9.97. The van der Waals surface area contributed by atoms with Crippen LogP contribution in [0.25, 0.3) is 0 Å². The average molecular weight is 350 g/mol. The Bertz CT molecular complexity index is 776. The summed E-state index contributed by atoms with van der Waals surface area (Å²) in [5, 5.41) is 6.15. The van der Waals surface area contributed by atoms with Gasteiger partial charge in [0.2, 0.25) is 0 Å². The lowest BCUT2D eigenvalue weighted by Crippen LogP contribution is -2.15. The largest absolute Gasteiger partial charge is 0.368 e. The van der Waals surface area contributed by atoms with Gasteiger partial charge in [-0.05, 0) is 69.2 Å².